The van der Waals surface area contributed by atoms with Gasteiger partial charge in [0.2, 0.25) is 11.8 Å². The van der Waals surface area contributed by atoms with Crippen LogP contribution in [0.1, 0.15) is 36.8 Å². The molecule has 1 saturated heterocycles. The molecule has 1 aliphatic carbocycles. The van der Waals surface area contributed by atoms with Gasteiger partial charge in [-0.1, -0.05) is 72.8 Å². The van der Waals surface area contributed by atoms with Gasteiger partial charge in [0, 0.05) is 13.1 Å². The highest BCUT2D eigenvalue weighted by Gasteiger charge is 2.41. The Labute approximate surface area is 207 Å². The Kier molecular flexibility index (Phi) is 7.99. The Morgan fingerprint density at radius 1 is 1.00 bits per heavy atom. The van der Waals surface area contributed by atoms with Crippen molar-refractivity contribution in [2.24, 2.45) is 11.8 Å². The Balaban J connectivity index is 1.40. The number of benzene rings is 2. The van der Waals surface area contributed by atoms with E-state index in [0.29, 0.717) is 45.2 Å². The van der Waals surface area contributed by atoms with E-state index in [4.69, 9.17) is 0 Å². The third kappa shape index (κ3) is 5.63. The van der Waals surface area contributed by atoms with Crippen LogP contribution in [-0.2, 0) is 21.4 Å². The first-order chi connectivity index (χ1) is 17.1. The summed E-state index contributed by atoms with van der Waals surface area (Å²) in [6.07, 6.45) is 6.68. The first-order valence-electron chi connectivity index (χ1n) is 12.4. The van der Waals surface area contributed by atoms with Crippen LogP contribution in [0.4, 0.5) is 0 Å². The number of aliphatic hydroxyl groups excluding tert-OH is 1. The topological polar surface area (TPSA) is 93.4 Å². The van der Waals surface area contributed by atoms with Crippen molar-refractivity contribution in [2.45, 2.75) is 43.6 Å². The van der Waals surface area contributed by atoms with E-state index < -0.39 is 23.3 Å². The molecule has 182 valence electrons. The first kappa shape index (κ1) is 24.7. The average molecular weight is 472 g/mol. The second-order valence-corrected chi connectivity index (χ2v) is 9.62. The largest absolute Gasteiger partial charge is 0.394 e. The van der Waals surface area contributed by atoms with Gasteiger partial charge in [0.15, 0.2) is 0 Å². The van der Waals surface area contributed by atoms with E-state index in [0.717, 1.165) is 11.1 Å². The molecular weight excluding hydrogens is 438 g/mol. The number of carbonyl (C=O) groups is 2. The van der Waals surface area contributed by atoms with Crippen molar-refractivity contribution in [3.63, 3.8) is 0 Å². The maximum absolute atomic E-state index is 13.5. The molecule has 1 heterocycles. The number of piperidine rings is 1. The molecule has 1 aliphatic heterocycles. The van der Waals surface area contributed by atoms with Crippen LogP contribution in [-0.4, -0.2) is 47.6 Å². The summed E-state index contributed by atoms with van der Waals surface area (Å²) in [6.45, 7) is 0.843. The van der Waals surface area contributed by atoms with Gasteiger partial charge in [-0.15, -0.1) is 0 Å². The van der Waals surface area contributed by atoms with Gasteiger partial charge in [0.25, 0.3) is 0 Å². The minimum Gasteiger partial charge on any atom is -0.394 e. The summed E-state index contributed by atoms with van der Waals surface area (Å²) < 4.78 is 0. The van der Waals surface area contributed by atoms with E-state index in [1.165, 1.54) is 0 Å². The lowest BCUT2D eigenvalue weighted by Crippen LogP contribution is -2.51. The van der Waals surface area contributed by atoms with Crippen LogP contribution in [0.3, 0.4) is 0 Å². The van der Waals surface area contributed by atoms with Gasteiger partial charge in [-0.25, -0.2) is 0 Å². The zero-order chi connectivity index (χ0) is 24.7. The van der Waals surface area contributed by atoms with Crippen molar-refractivity contribution in [3.05, 3.63) is 83.9 Å². The molecule has 2 amide bonds. The maximum Gasteiger partial charge on any atom is 0.226 e. The zero-order valence-corrected chi connectivity index (χ0v) is 20.0. The zero-order valence-electron chi connectivity index (χ0n) is 20.0. The number of nitrogens with zero attached hydrogens (tertiary/aromatic N) is 2. The predicted molar refractivity (Wildman–Crippen MR) is 134 cm³/mol. The van der Waals surface area contributed by atoms with Gasteiger partial charge in [0.1, 0.15) is 0 Å². The summed E-state index contributed by atoms with van der Waals surface area (Å²) in [6, 6.07) is 21.7. The van der Waals surface area contributed by atoms with Crippen LogP contribution >= 0.6 is 0 Å². The van der Waals surface area contributed by atoms with Crippen molar-refractivity contribution in [1.82, 2.24) is 10.2 Å². The smallest absolute Gasteiger partial charge is 0.226 e. The Morgan fingerprint density at radius 3 is 2.20 bits per heavy atom. The van der Waals surface area contributed by atoms with Crippen LogP contribution in [0.25, 0.3) is 0 Å². The lowest BCUT2D eigenvalue weighted by atomic mass is 9.73. The number of rotatable bonds is 7. The molecule has 2 aliphatic rings. The second kappa shape index (κ2) is 11.3. The number of nitriles is 1. The summed E-state index contributed by atoms with van der Waals surface area (Å²) in [5.74, 6) is -1.09. The molecule has 2 aromatic carbocycles. The highest BCUT2D eigenvalue weighted by atomic mass is 16.3. The fourth-order valence-electron chi connectivity index (χ4n) is 5.31. The first-order valence-corrected chi connectivity index (χ1v) is 12.4. The van der Waals surface area contributed by atoms with Crippen molar-refractivity contribution in [2.75, 3.05) is 19.7 Å². The molecule has 0 aromatic heterocycles. The Hall–Kier alpha value is -3.43. The number of hydrogen-bond acceptors (Lipinski definition) is 4. The lowest BCUT2D eigenvalue weighted by Gasteiger charge is -2.40. The quantitative estimate of drug-likeness (QED) is 0.606. The van der Waals surface area contributed by atoms with Crippen LogP contribution in [0, 0.1) is 23.2 Å². The van der Waals surface area contributed by atoms with Crippen molar-refractivity contribution in [1.29, 1.82) is 5.26 Å². The number of amides is 2. The van der Waals surface area contributed by atoms with Gasteiger partial charge in [-0.3, -0.25) is 9.59 Å². The molecule has 2 N–H and O–H groups in total. The average Bonchev–Trinajstić information content (AvgIpc) is 2.93. The number of allylic oxidation sites excluding steroid dienone is 2. The van der Waals surface area contributed by atoms with Gasteiger partial charge in [-0.05, 0) is 43.2 Å². The minimum atomic E-state index is -0.576. The van der Waals surface area contributed by atoms with E-state index in [-0.39, 0.29) is 18.4 Å². The summed E-state index contributed by atoms with van der Waals surface area (Å²) in [5.41, 5.74) is 1.46. The van der Waals surface area contributed by atoms with E-state index in [2.05, 4.69) is 11.4 Å². The van der Waals surface area contributed by atoms with Gasteiger partial charge >= 0.3 is 0 Å². The van der Waals surface area contributed by atoms with Crippen LogP contribution in [0.15, 0.2) is 72.8 Å². The van der Waals surface area contributed by atoms with Crippen molar-refractivity contribution >= 4 is 11.8 Å². The van der Waals surface area contributed by atoms with Crippen LogP contribution in [0.5, 0.6) is 0 Å². The molecule has 0 bridgehead atoms. The SMILES string of the molecule is N#CC1(c2ccccc2)CCN(C(=O)C2CC=CCC2C(=O)N[C@H](CO)Cc2ccccc2)CC1. The van der Waals surface area contributed by atoms with Crippen LogP contribution < -0.4 is 5.32 Å². The predicted octanol–water partition coefficient (Wildman–Crippen LogP) is 3.37. The summed E-state index contributed by atoms with van der Waals surface area (Å²) in [7, 11) is 0. The number of hydrogen-bond donors (Lipinski definition) is 2. The molecule has 0 radical (unpaired) electrons. The number of nitrogens with one attached hydrogen (secondary N) is 1. The maximum atomic E-state index is 13.5. The second-order valence-electron chi connectivity index (χ2n) is 9.62. The van der Waals surface area contributed by atoms with E-state index in [1.807, 2.05) is 77.7 Å². The standard InChI is InChI=1S/C29H33N3O3/c30-21-29(23-11-5-2-6-12-23)15-17-32(18-16-29)28(35)26-14-8-7-13-25(26)27(34)31-24(20-33)19-22-9-3-1-4-10-22/h1-12,24-26,33H,13-20H2,(H,31,34)/t24-,25?,26?/m0/s1. The molecule has 6 heteroatoms. The molecule has 0 spiro atoms. The highest BCUT2D eigenvalue weighted by Crippen LogP contribution is 2.36. The molecule has 3 atom stereocenters. The fraction of sp³-hybridized carbons (Fsp3) is 0.414. The highest BCUT2D eigenvalue weighted by molar-refractivity contribution is 5.88. The van der Waals surface area contributed by atoms with Gasteiger partial charge in [-0.2, -0.15) is 5.26 Å². The molecule has 35 heavy (non-hydrogen) atoms. The summed E-state index contributed by atoms with van der Waals surface area (Å²) in [4.78, 5) is 28.6. The molecule has 2 unspecified atom stereocenters. The monoisotopic (exact) mass is 471 g/mol. The van der Waals surface area contributed by atoms with E-state index in [1.54, 1.807) is 0 Å². The number of aliphatic hydroxyl groups is 1. The van der Waals surface area contributed by atoms with E-state index in [9.17, 15) is 20.0 Å². The van der Waals surface area contributed by atoms with Crippen molar-refractivity contribution < 1.29 is 14.7 Å². The molecule has 6 nitrogen and oxygen atoms in total. The van der Waals surface area contributed by atoms with Crippen LogP contribution in [0.2, 0.25) is 0 Å². The molecule has 4 rings (SSSR count). The molecule has 1 fully saturated rings. The van der Waals surface area contributed by atoms with Gasteiger partial charge < -0.3 is 15.3 Å². The normalized spacial score (nSPS) is 22.1. The Morgan fingerprint density at radius 2 is 1.60 bits per heavy atom. The number of carbonyl (C=O) groups excluding carboxylic acids is 2. The minimum absolute atomic E-state index is 0.0160. The number of likely N-dealkylation sites (tertiary alicyclic amines) is 1. The lowest BCUT2D eigenvalue weighted by molar-refractivity contribution is -0.143. The Bertz CT molecular complexity index is 1070. The molecular formula is C29H33N3O3. The molecule has 2 aromatic rings. The third-order valence-electron chi connectivity index (χ3n) is 7.45. The molecule has 0 saturated carbocycles. The van der Waals surface area contributed by atoms with Crippen molar-refractivity contribution in [3.8, 4) is 6.07 Å². The third-order valence-corrected chi connectivity index (χ3v) is 7.45. The summed E-state index contributed by atoms with van der Waals surface area (Å²) in [5, 5.41) is 22.8. The summed E-state index contributed by atoms with van der Waals surface area (Å²) >= 11 is 0. The van der Waals surface area contributed by atoms with Gasteiger partial charge in [0.05, 0.1) is 36.0 Å². The fourth-order valence-corrected chi connectivity index (χ4v) is 5.31. The van der Waals surface area contributed by atoms with E-state index >= 15 is 0 Å².